The summed E-state index contributed by atoms with van der Waals surface area (Å²) in [5, 5.41) is 9.77. The van der Waals surface area contributed by atoms with E-state index in [-0.39, 0.29) is 0 Å². The molecule has 9 nitrogen and oxygen atoms in total. The Bertz CT molecular complexity index is 1250. The summed E-state index contributed by atoms with van der Waals surface area (Å²) in [7, 11) is 2.14. The summed E-state index contributed by atoms with van der Waals surface area (Å²) in [4.78, 5) is 15.6. The van der Waals surface area contributed by atoms with Gasteiger partial charge in [0, 0.05) is 54.6 Å². The molecule has 1 aliphatic rings. The predicted molar refractivity (Wildman–Crippen MR) is 123 cm³/mol. The number of likely N-dealkylation sites (N-methyl/N-ethyl adjacent to an activating group) is 1. The third-order valence-electron chi connectivity index (χ3n) is 5.84. The fraction of sp³-hybridized carbons (Fsp3) is 0.273. The van der Waals surface area contributed by atoms with E-state index in [0.29, 0.717) is 17.3 Å². The van der Waals surface area contributed by atoms with Gasteiger partial charge in [0.1, 0.15) is 11.6 Å². The first kappa shape index (κ1) is 19.3. The van der Waals surface area contributed by atoms with E-state index < -0.39 is 0 Å². The number of nitrogens with one attached hydrogen (secondary N) is 1. The summed E-state index contributed by atoms with van der Waals surface area (Å²) in [5.41, 5.74) is 16.6. The van der Waals surface area contributed by atoms with Crippen molar-refractivity contribution in [3.8, 4) is 11.3 Å². The molecule has 0 spiro atoms. The Hall–Kier alpha value is -3.72. The molecule has 0 unspecified atom stereocenters. The SMILES string of the molecule is Cc1c(N)cncc1-c1cc2cc(Nc3cc4n(n3)CCN(C)CC4)ncc2c(N)n1. The third kappa shape index (κ3) is 3.64. The largest absolute Gasteiger partial charge is 0.397 e. The second-order valence-electron chi connectivity index (χ2n) is 8.01. The predicted octanol–water partition coefficient (Wildman–Crippen LogP) is 2.59. The van der Waals surface area contributed by atoms with Crippen molar-refractivity contribution in [1.29, 1.82) is 0 Å². The number of nitrogens with two attached hydrogens (primary N) is 2. The molecule has 158 valence electrons. The molecule has 5 rings (SSSR count). The minimum atomic E-state index is 0.422. The van der Waals surface area contributed by atoms with Crippen LogP contribution in [0.3, 0.4) is 0 Å². The summed E-state index contributed by atoms with van der Waals surface area (Å²) in [6, 6.07) is 6.05. The molecule has 0 atom stereocenters. The van der Waals surface area contributed by atoms with Gasteiger partial charge in [-0.2, -0.15) is 5.10 Å². The molecule has 0 amide bonds. The average molecular weight is 416 g/mol. The van der Waals surface area contributed by atoms with Crippen molar-refractivity contribution in [3.05, 3.63) is 48.0 Å². The van der Waals surface area contributed by atoms with E-state index in [1.54, 1.807) is 18.6 Å². The number of hydrogen-bond acceptors (Lipinski definition) is 8. The maximum absolute atomic E-state index is 6.23. The molecule has 9 heteroatoms. The highest BCUT2D eigenvalue weighted by Crippen LogP contribution is 2.30. The fourth-order valence-corrected chi connectivity index (χ4v) is 3.91. The number of fused-ring (bicyclic) bond motifs is 2. The van der Waals surface area contributed by atoms with Gasteiger partial charge in [0.15, 0.2) is 5.82 Å². The van der Waals surface area contributed by atoms with E-state index in [9.17, 15) is 0 Å². The highest BCUT2D eigenvalue weighted by atomic mass is 15.3. The van der Waals surface area contributed by atoms with Gasteiger partial charge < -0.3 is 21.7 Å². The minimum Gasteiger partial charge on any atom is -0.397 e. The molecule has 5 N–H and O–H groups in total. The Labute approximate surface area is 180 Å². The third-order valence-corrected chi connectivity index (χ3v) is 5.84. The molecule has 0 bridgehead atoms. The molecule has 0 saturated heterocycles. The average Bonchev–Trinajstić information content (AvgIpc) is 3.05. The summed E-state index contributed by atoms with van der Waals surface area (Å²) in [6.45, 7) is 4.87. The number of nitrogen functional groups attached to an aromatic ring is 2. The molecule has 5 heterocycles. The van der Waals surface area contributed by atoms with E-state index in [2.05, 4.69) is 43.0 Å². The molecule has 0 fully saturated rings. The van der Waals surface area contributed by atoms with Crippen LogP contribution in [0.5, 0.6) is 0 Å². The fourth-order valence-electron chi connectivity index (χ4n) is 3.91. The first-order valence-corrected chi connectivity index (χ1v) is 10.3. The second-order valence-corrected chi connectivity index (χ2v) is 8.01. The van der Waals surface area contributed by atoms with Gasteiger partial charge in [-0.1, -0.05) is 0 Å². The quantitative estimate of drug-likeness (QED) is 0.466. The topological polar surface area (TPSA) is 124 Å². The van der Waals surface area contributed by atoms with Gasteiger partial charge in [-0.3, -0.25) is 9.67 Å². The van der Waals surface area contributed by atoms with Crippen molar-refractivity contribution >= 4 is 33.9 Å². The van der Waals surface area contributed by atoms with Crippen LogP contribution in [0.2, 0.25) is 0 Å². The van der Waals surface area contributed by atoms with Gasteiger partial charge in [0.25, 0.3) is 0 Å². The number of anilines is 4. The van der Waals surface area contributed by atoms with Crippen LogP contribution < -0.4 is 16.8 Å². The lowest BCUT2D eigenvalue weighted by molar-refractivity contribution is 0.337. The van der Waals surface area contributed by atoms with Gasteiger partial charge >= 0.3 is 0 Å². The summed E-state index contributed by atoms with van der Waals surface area (Å²) >= 11 is 0. The van der Waals surface area contributed by atoms with E-state index in [0.717, 1.165) is 59.5 Å². The maximum Gasteiger partial charge on any atom is 0.153 e. The van der Waals surface area contributed by atoms with Crippen LogP contribution in [-0.2, 0) is 13.0 Å². The smallest absolute Gasteiger partial charge is 0.153 e. The molecule has 31 heavy (non-hydrogen) atoms. The normalized spacial score (nSPS) is 14.4. The van der Waals surface area contributed by atoms with Crippen molar-refractivity contribution in [2.24, 2.45) is 0 Å². The molecule has 4 aromatic heterocycles. The monoisotopic (exact) mass is 415 g/mol. The van der Waals surface area contributed by atoms with Crippen molar-refractivity contribution in [2.45, 2.75) is 19.9 Å². The highest BCUT2D eigenvalue weighted by Gasteiger charge is 2.15. The Morgan fingerprint density at radius 1 is 1.00 bits per heavy atom. The van der Waals surface area contributed by atoms with Gasteiger partial charge in [0.05, 0.1) is 24.1 Å². The van der Waals surface area contributed by atoms with Gasteiger partial charge in [-0.05, 0) is 37.1 Å². The van der Waals surface area contributed by atoms with E-state index in [1.807, 2.05) is 19.1 Å². The number of rotatable bonds is 3. The van der Waals surface area contributed by atoms with Crippen LogP contribution in [0.15, 0.2) is 36.8 Å². The Kier molecular flexibility index (Phi) is 4.67. The van der Waals surface area contributed by atoms with Crippen molar-refractivity contribution < 1.29 is 0 Å². The summed E-state index contributed by atoms with van der Waals surface area (Å²) in [6.07, 6.45) is 6.12. The zero-order valence-electron chi connectivity index (χ0n) is 17.6. The number of aromatic nitrogens is 5. The molecular formula is C22H25N9. The zero-order valence-corrected chi connectivity index (χ0v) is 17.6. The van der Waals surface area contributed by atoms with Crippen LogP contribution in [0.4, 0.5) is 23.1 Å². The standard InChI is InChI=1S/C22H25N9/c1-13-16(10-25-12-18(13)23)19-7-14-8-20(26-11-17(14)22(24)27-19)28-21-9-15-3-4-30(2)5-6-31(15)29-21/h7-12H,3-6,23H2,1-2H3,(H2,24,27)(H,26,28,29). The van der Waals surface area contributed by atoms with Crippen LogP contribution in [0.1, 0.15) is 11.3 Å². The van der Waals surface area contributed by atoms with E-state index >= 15 is 0 Å². The Morgan fingerprint density at radius 2 is 1.87 bits per heavy atom. The van der Waals surface area contributed by atoms with Gasteiger partial charge in [-0.25, -0.2) is 9.97 Å². The number of hydrogen-bond donors (Lipinski definition) is 3. The number of pyridine rings is 3. The summed E-state index contributed by atoms with van der Waals surface area (Å²) < 4.78 is 2.07. The first-order chi connectivity index (χ1) is 15.0. The lowest BCUT2D eigenvalue weighted by atomic mass is 10.0. The van der Waals surface area contributed by atoms with Crippen LogP contribution in [0, 0.1) is 6.92 Å². The van der Waals surface area contributed by atoms with Gasteiger partial charge in [0.2, 0.25) is 0 Å². The molecule has 4 aromatic rings. The van der Waals surface area contributed by atoms with E-state index in [4.69, 9.17) is 16.6 Å². The van der Waals surface area contributed by atoms with E-state index in [1.165, 1.54) is 5.69 Å². The highest BCUT2D eigenvalue weighted by molar-refractivity contribution is 5.95. The van der Waals surface area contributed by atoms with Crippen LogP contribution >= 0.6 is 0 Å². The molecule has 0 aliphatic carbocycles. The van der Waals surface area contributed by atoms with Crippen molar-refractivity contribution in [1.82, 2.24) is 29.6 Å². The summed E-state index contributed by atoms with van der Waals surface area (Å²) in [5.74, 6) is 1.92. The molecule has 0 radical (unpaired) electrons. The maximum atomic E-state index is 6.23. The lowest BCUT2D eigenvalue weighted by Crippen LogP contribution is -2.21. The lowest BCUT2D eigenvalue weighted by Gasteiger charge is -2.11. The van der Waals surface area contributed by atoms with Gasteiger partial charge in [-0.15, -0.1) is 0 Å². The van der Waals surface area contributed by atoms with Crippen LogP contribution in [0.25, 0.3) is 22.0 Å². The first-order valence-electron chi connectivity index (χ1n) is 10.3. The minimum absolute atomic E-state index is 0.422. The Balaban J connectivity index is 1.48. The molecule has 0 aromatic carbocycles. The van der Waals surface area contributed by atoms with Crippen LogP contribution in [-0.4, -0.2) is 49.8 Å². The zero-order chi connectivity index (χ0) is 21.5. The molecule has 0 saturated carbocycles. The molecular weight excluding hydrogens is 390 g/mol. The molecule has 1 aliphatic heterocycles. The van der Waals surface area contributed by atoms with Crippen molar-refractivity contribution in [3.63, 3.8) is 0 Å². The second kappa shape index (κ2) is 7.51. The Morgan fingerprint density at radius 3 is 2.74 bits per heavy atom. The van der Waals surface area contributed by atoms with Crippen molar-refractivity contribution in [2.75, 3.05) is 36.9 Å². The number of nitrogens with zero attached hydrogens (tertiary/aromatic N) is 6.